The largest absolute Gasteiger partial charge is 0.322 e. The highest BCUT2D eigenvalue weighted by Crippen LogP contribution is 2.21. The Morgan fingerprint density at radius 1 is 1.16 bits per heavy atom. The minimum atomic E-state index is -0.240. The predicted molar refractivity (Wildman–Crippen MR) is 124 cm³/mol. The van der Waals surface area contributed by atoms with E-state index in [1.165, 1.54) is 6.08 Å². The summed E-state index contributed by atoms with van der Waals surface area (Å²) < 4.78 is 3.47. The third-order valence-electron chi connectivity index (χ3n) is 5.13. The van der Waals surface area contributed by atoms with Crippen molar-refractivity contribution in [2.75, 3.05) is 5.32 Å². The molecule has 2 heterocycles. The summed E-state index contributed by atoms with van der Waals surface area (Å²) in [5.74, 6) is 0.379. The molecule has 1 amide bonds. The molecule has 0 spiro atoms. The van der Waals surface area contributed by atoms with Gasteiger partial charge in [-0.2, -0.15) is 5.10 Å². The van der Waals surface area contributed by atoms with E-state index in [2.05, 4.69) is 25.9 Å². The third-order valence-corrected chi connectivity index (χ3v) is 5.49. The van der Waals surface area contributed by atoms with Crippen LogP contribution in [0.4, 0.5) is 5.69 Å². The van der Waals surface area contributed by atoms with Gasteiger partial charge in [0.2, 0.25) is 5.91 Å². The van der Waals surface area contributed by atoms with Gasteiger partial charge in [-0.25, -0.2) is 4.68 Å². The molecule has 4 rings (SSSR count). The van der Waals surface area contributed by atoms with Crippen molar-refractivity contribution in [3.05, 3.63) is 82.1 Å². The fraction of sp³-hybridized carbons (Fsp3) is 0.174. The lowest BCUT2D eigenvalue weighted by molar-refractivity contribution is -0.111. The Hall–Kier alpha value is -3.78. The highest BCUT2D eigenvalue weighted by molar-refractivity contribution is 6.31. The number of benzene rings is 2. The molecule has 2 aromatic heterocycles. The molecule has 0 aliphatic carbocycles. The van der Waals surface area contributed by atoms with Gasteiger partial charge in [-0.05, 0) is 54.1 Å². The van der Waals surface area contributed by atoms with Crippen molar-refractivity contribution < 1.29 is 4.79 Å². The summed E-state index contributed by atoms with van der Waals surface area (Å²) >= 11 is 6.28. The van der Waals surface area contributed by atoms with Crippen molar-refractivity contribution in [1.29, 1.82) is 0 Å². The standard InChI is InChI=1S/C23H22ClN7O/c1-15-20(16(2)31(27-15)14-18-7-4-5-10-21(18)24)11-12-22(32)25-19-9-6-8-17(13-19)23-26-28-29-30(23)3/h4-13H,14H2,1-3H3,(H,25,32)/b12-11+. The quantitative estimate of drug-likeness (QED) is 0.450. The average Bonchev–Trinajstić information content (AvgIpc) is 3.31. The molecule has 0 saturated heterocycles. The van der Waals surface area contributed by atoms with Gasteiger partial charge in [0.15, 0.2) is 5.82 Å². The summed E-state index contributed by atoms with van der Waals surface area (Å²) in [5, 5.41) is 19.7. The maximum Gasteiger partial charge on any atom is 0.248 e. The molecule has 0 atom stereocenters. The summed E-state index contributed by atoms with van der Waals surface area (Å²) in [4.78, 5) is 12.5. The number of hydrogen-bond acceptors (Lipinski definition) is 5. The zero-order chi connectivity index (χ0) is 22.7. The number of carbonyl (C=O) groups is 1. The summed E-state index contributed by atoms with van der Waals surface area (Å²) in [6.45, 7) is 4.47. The van der Waals surface area contributed by atoms with Gasteiger partial charge in [-0.15, -0.1) is 5.10 Å². The van der Waals surface area contributed by atoms with Crippen molar-refractivity contribution in [2.45, 2.75) is 20.4 Å². The lowest BCUT2D eigenvalue weighted by atomic mass is 10.1. The van der Waals surface area contributed by atoms with E-state index in [1.807, 2.05) is 67.1 Å². The molecular formula is C23H22ClN7O. The zero-order valence-corrected chi connectivity index (χ0v) is 18.7. The van der Waals surface area contributed by atoms with Crippen molar-refractivity contribution in [3.63, 3.8) is 0 Å². The van der Waals surface area contributed by atoms with Crippen LogP contribution in [0.15, 0.2) is 54.6 Å². The Morgan fingerprint density at radius 3 is 2.72 bits per heavy atom. The fourth-order valence-corrected chi connectivity index (χ4v) is 3.64. The van der Waals surface area contributed by atoms with Crippen LogP contribution in [0.25, 0.3) is 17.5 Å². The number of amides is 1. The minimum Gasteiger partial charge on any atom is -0.322 e. The number of hydrogen-bond donors (Lipinski definition) is 1. The van der Waals surface area contributed by atoms with Gasteiger partial charge >= 0.3 is 0 Å². The van der Waals surface area contributed by atoms with Crippen molar-refractivity contribution >= 4 is 29.3 Å². The van der Waals surface area contributed by atoms with Crippen LogP contribution in [0.2, 0.25) is 5.02 Å². The summed E-state index contributed by atoms with van der Waals surface area (Å²) in [7, 11) is 1.76. The molecule has 0 bridgehead atoms. The second kappa shape index (κ2) is 9.15. The molecule has 0 unspecified atom stereocenters. The molecule has 0 aliphatic heterocycles. The van der Waals surface area contributed by atoms with Crippen molar-refractivity contribution in [1.82, 2.24) is 30.0 Å². The van der Waals surface area contributed by atoms with Crippen molar-refractivity contribution in [2.24, 2.45) is 7.05 Å². The monoisotopic (exact) mass is 447 g/mol. The first-order valence-electron chi connectivity index (χ1n) is 10.0. The second-order valence-corrected chi connectivity index (χ2v) is 7.77. The molecule has 162 valence electrons. The highest BCUT2D eigenvalue weighted by Gasteiger charge is 2.12. The Balaban J connectivity index is 1.48. The smallest absolute Gasteiger partial charge is 0.248 e. The van der Waals surface area contributed by atoms with Gasteiger partial charge in [-0.1, -0.05) is 41.9 Å². The second-order valence-electron chi connectivity index (χ2n) is 7.36. The van der Waals surface area contributed by atoms with Crippen molar-refractivity contribution in [3.8, 4) is 11.4 Å². The van der Waals surface area contributed by atoms with Crippen LogP contribution in [-0.4, -0.2) is 35.9 Å². The van der Waals surface area contributed by atoms with Gasteiger partial charge in [0.05, 0.1) is 12.2 Å². The molecule has 9 heteroatoms. The van der Waals surface area contributed by atoms with E-state index in [4.69, 9.17) is 11.6 Å². The molecule has 4 aromatic rings. The van der Waals surface area contributed by atoms with Gasteiger partial charge in [0.1, 0.15) is 0 Å². The topological polar surface area (TPSA) is 90.5 Å². The van der Waals surface area contributed by atoms with E-state index in [0.717, 1.165) is 28.1 Å². The number of nitrogens with zero attached hydrogens (tertiary/aromatic N) is 6. The van der Waals surface area contributed by atoms with Crippen LogP contribution in [0, 0.1) is 13.8 Å². The van der Waals surface area contributed by atoms with E-state index in [-0.39, 0.29) is 5.91 Å². The van der Waals surface area contributed by atoms with Gasteiger partial charge in [0, 0.05) is 40.7 Å². The number of nitrogens with one attached hydrogen (secondary N) is 1. The zero-order valence-electron chi connectivity index (χ0n) is 18.0. The predicted octanol–water partition coefficient (Wildman–Crippen LogP) is 4.04. The lowest BCUT2D eigenvalue weighted by Crippen LogP contribution is -2.08. The molecule has 0 fully saturated rings. The SMILES string of the molecule is Cc1nn(Cc2ccccc2Cl)c(C)c1/C=C/C(=O)Nc1cccc(-c2nnnn2C)c1. The summed E-state index contributed by atoms with van der Waals surface area (Å²) in [6.07, 6.45) is 3.29. The van der Waals surface area contributed by atoms with E-state index in [1.54, 1.807) is 17.8 Å². The molecule has 32 heavy (non-hydrogen) atoms. The van der Waals surface area contributed by atoms with Crippen LogP contribution in [-0.2, 0) is 18.4 Å². The van der Waals surface area contributed by atoms with E-state index in [9.17, 15) is 4.79 Å². The van der Waals surface area contributed by atoms with Crippen LogP contribution in [0.1, 0.15) is 22.5 Å². The maximum atomic E-state index is 12.5. The molecule has 1 N–H and O–H groups in total. The number of anilines is 1. The number of tetrazole rings is 1. The number of carbonyl (C=O) groups excluding carboxylic acids is 1. The number of rotatable bonds is 6. The van der Waals surface area contributed by atoms with Gasteiger partial charge in [0.25, 0.3) is 0 Å². The van der Waals surface area contributed by atoms with Crippen LogP contribution in [0.5, 0.6) is 0 Å². The first-order chi connectivity index (χ1) is 15.4. The molecule has 0 saturated carbocycles. The van der Waals surface area contributed by atoms with E-state index in [0.29, 0.717) is 23.1 Å². The summed E-state index contributed by atoms with van der Waals surface area (Å²) in [6, 6.07) is 15.1. The lowest BCUT2D eigenvalue weighted by Gasteiger charge is -2.07. The first-order valence-corrected chi connectivity index (χ1v) is 10.4. The fourth-order valence-electron chi connectivity index (χ4n) is 3.45. The minimum absolute atomic E-state index is 0.240. The Morgan fingerprint density at radius 2 is 1.97 bits per heavy atom. The number of aryl methyl sites for hydroxylation is 2. The third kappa shape index (κ3) is 4.60. The molecular weight excluding hydrogens is 426 g/mol. The Labute approximate surface area is 190 Å². The maximum absolute atomic E-state index is 12.5. The molecule has 0 radical (unpaired) electrons. The molecule has 2 aromatic carbocycles. The molecule has 0 aliphatic rings. The van der Waals surface area contributed by atoms with Crippen LogP contribution in [0.3, 0.4) is 0 Å². The Bertz CT molecular complexity index is 1310. The van der Waals surface area contributed by atoms with Gasteiger partial charge < -0.3 is 5.32 Å². The number of halogens is 1. The number of aromatic nitrogens is 6. The van der Waals surface area contributed by atoms with E-state index < -0.39 is 0 Å². The normalized spacial score (nSPS) is 11.2. The van der Waals surface area contributed by atoms with Crippen LogP contribution >= 0.6 is 11.6 Å². The molecule has 8 nitrogen and oxygen atoms in total. The van der Waals surface area contributed by atoms with E-state index >= 15 is 0 Å². The highest BCUT2D eigenvalue weighted by atomic mass is 35.5. The van der Waals surface area contributed by atoms with Gasteiger partial charge in [-0.3, -0.25) is 9.48 Å². The Kier molecular flexibility index (Phi) is 6.13. The average molecular weight is 448 g/mol. The first kappa shape index (κ1) is 21.5. The summed E-state index contributed by atoms with van der Waals surface area (Å²) in [5.41, 5.74) is 5.17. The van der Waals surface area contributed by atoms with Crippen LogP contribution < -0.4 is 5.32 Å².